The highest BCUT2D eigenvalue weighted by atomic mass is 32.1. The minimum Gasteiger partial charge on any atom is -0.311 e. The molecule has 0 spiro atoms. The van der Waals surface area contributed by atoms with E-state index in [-0.39, 0.29) is 0 Å². The van der Waals surface area contributed by atoms with E-state index in [0.717, 1.165) is 17.1 Å². The van der Waals surface area contributed by atoms with Crippen molar-refractivity contribution < 1.29 is 0 Å². The molecule has 0 amide bonds. The third-order valence-electron chi connectivity index (χ3n) is 12.9. The van der Waals surface area contributed by atoms with Gasteiger partial charge < -0.3 is 4.90 Å². The van der Waals surface area contributed by atoms with Crippen LogP contribution in [0, 0.1) is 0 Å². The minimum atomic E-state index is 1.10. The lowest BCUT2D eigenvalue weighted by molar-refractivity contribution is 1.28. The molecule has 12 aromatic rings. The molecule has 0 bridgehead atoms. The van der Waals surface area contributed by atoms with Crippen molar-refractivity contribution in [2.75, 3.05) is 4.90 Å². The summed E-state index contributed by atoms with van der Waals surface area (Å²) in [5.41, 5.74) is 17.7. The van der Waals surface area contributed by atoms with Gasteiger partial charge in [0.25, 0.3) is 0 Å². The molecule has 1 aromatic heterocycles. The van der Waals surface area contributed by atoms with Gasteiger partial charge in [-0.15, -0.1) is 11.3 Å². The van der Waals surface area contributed by atoms with Crippen LogP contribution in [0.5, 0.6) is 0 Å². The molecule has 1 heterocycles. The predicted octanol–water partition coefficient (Wildman–Crippen LogP) is 18.7. The SMILES string of the molecule is c1ccc(-c2cccc(-c3ccc(N(c4ccc(-c5ccc(-c6cccc(-c7ccc8ccccc8c7)c6)cc5)cc4)c4ccc(-c5ccc6sc7ccccc7c6c5)cc4)cc3)c2)cc1. The van der Waals surface area contributed by atoms with E-state index in [0.29, 0.717) is 0 Å². The number of benzene rings is 11. The number of hydrogen-bond acceptors (Lipinski definition) is 2. The van der Waals surface area contributed by atoms with Crippen LogP contribution in [-0.4, -0.2) is 0 Å². The van der Waals surface area contributed by atoms with Crippen molar-refractivity contribution in [3.8, 4) is 66.8 Å². The number of nitrogens with zero attached hydrogens (tertiary/aromatic N) is 1. The van der Waals surface area contributed by atoms with Crippen LogP contribution in [0.2, 0.25) is 0 Å². The standard InChI is InChI=1S/C64H43NS/c1-2-10-44(11-3-1)52-14-8-15-53(40-52)49-28-35-59(36-29-49)65(60-37-30-50(31-38-60)57-32-39-64-62(43-57)61-18-6-7-19-63(61)66-64)58-33-26-47(27-34-58)46-20-22-48(23-21-46)54-16-9-17-55(41-54)56-25-24-45-12-4-5-13-51(45)42-56/h1-43H. The average Bonchev–Trinajstić information content (AvgIpc) is 3.78. The van der Waals surface area contributed by atoms with Crippen molar-refractivity contribution in [1.82, 2.24) is 0 Å². The molecular formula is C64H43NS. The van der Waals surface area contributed by atoms with E-state index in [1.807, 2.05) is 11.3 Å². The maximum atomic E-state index is 2.36. The van der Waals surface area contributed by atoms with E-state index in [1.165, 1.54) is 97.7 Å². The Hall–Kier alpha value is -8.30. The Balaban J connectivity index is 0.852. The first-order valence-electron chi connectivity index (χ1n) is 22.5. The smallest absolute Gasteiger partial charge is 0.0462 e. The fraction of sp³-hybridized carbons (Fsp3) is 0. The lowest BCUT2D eigenvalue weighted by Crippen LogP contribution is -2.09. The summed E-state index contributed by atoms with van der Waals surface area (Å²) in [6.07, 6.45) is 0. The first-order valence-corrected chi connectivity index (χ1v) is 23.4. The molecule has 310 valence electrons. The van der Waals surface area contributed by atoms with Crippen molar-refractivity contribution >= 4 is 59.3 Å². The van der Waals surface area contributed by atoms with Crippen molar-refractivity contribution in [2.24, 2.45) is 0 Å². The molecule has 11 aromatic carbocycles. The van der Waals surface area contributed by atoms with Gasteiger partial charge in [0, 0.05) is 37.2 Å². The average molecular weight is 858 g/mol. The highest BCUT2D eigenvalue weighted by Gasteiger charge is 2.15. The number of thiophene rings is 1. The monoisotopic (exact) mass is 857 g/mol. The number of anilines is 3. The molecule has 0 N–H and O–H groups in total. The molecule has 0 radical (unpaired) electrons. The van der Waals surface area contributed by atoms with E-state index in [1.54, 1.807) is 0 Å². The van der Waals surface area contributed by atoms with Gasteiger partial charge in [0.05, 0.1) is 0 Å². The molecule has 0 saturated carbocycles. The molecule has 66 heavy (non-hydrogen) atoms. The zero-order valence-electron chi connectivity index (χ0n) is 36.2. The first kappa shape index (κ1) is 39.3. The fourth-order valence-electron chi connectivity index (χ4n) is 9.37. The van der Waals surface area contributed by atoms with E-state index >= 15 is 0 Å². The molecule has 0 aliphatic carbocycles. The van der Waals surface area contributed by atoms with Gasteiger partial charge in [-0.2, -0.15) is 0 Å². The van der Waals surface area contributed by atoms with Crippen LogP contribution < -0.4 is 4.90 Å². The number of hydrogen-bond donors (Lipinski definition) is 0. The predicted molar refractivity (Wildman–Crippen MR) is 284 cm³/mol. The Morgan fingerprint density at radius 3 is 1.15 bits per heavy atom. The summed E-state index contributed by atoms with van der Waals surface area (Å²) in [6, 6.07) is 95.1. The molecule has 0 saturated heterocycles. The molecule has 0 aliphatic heterocycles. The van der Waals surface area contributed by atoms with Crippen LogP contribution in [0.1, 0.15) is 0 Å². The molecule has 1 nitrogen and oxygen atoms in total. The molecule has 0 atom stereocenters. The molecule has 12 rings (SSSR count). The van der Waals surface area contributed by atoms with Gasteiger partial charge in [-0.05, 0) is 150 Å². The second-order valence-corrected chi connectivity index (χ2v) is 18.0. The van der Waals surface area contributed by atoms with Crippen LogP contribution in [0.3, 0.4) is 0 Å². The first-order chi connectivity index (χ1) is 32.7. The summed E-state index contributed by atoms with van der Waals surface area (Å²) in [7, 11) is 0. The van der Waals surface area contributed by atoms with Gasteiger partial charge in [0.15, 0.2) is 0 Å². The maximum Gasteiger partial charge on any atom is 0.0462 e. The van der Waals surface area contributed by atoms with Crippen molar-refractivity contribution in [3.05, 3.63) is 261 Å². The number of fused-ring (bicyclic) bond motifs is 4. The van der Waals surface area contributed by atoms with Gasteiger partial charge in [-0.3, -0.25) is 0 Å². The summed E-state index contributed by atoms with van der Waals surface area (Å²) in [5.74, 6) is 0. The lowest BCUT2D eigenvalue weighted by Gasteiger charge is -2.26. The third-order valence-corrected chi connectivity index (χ3v) is 14.0. The van der Waals surface area contributed by atoms with Crippen molar-refractivity contribution in [3.63, 3.8) is 0 Å². The van der Waals surface area contributed by atoms with Crippen molar-refractivity contribution in [2.45, 2.75) is 0 Å². The summed E-state index contributed by atoms with van der Waals surface area (Å²) in [6.45, 7) is 0. The Morgan fingerprint density at radius 1 is 0.212 bits per heavy atom. The zero-order valence-corrected chi connectivity index (χ0v) is 37.0. The Kier molecular flexibility index (Phi) is 10.1. The molecule has 0 unspecified atom stereocenters. The van der Waals surface area contributed by atoms with Crippen LogP contribution in [0.15, 0.2) is 261 Å². The highest BCUT2D eigenvalue weighted by Crippen LogP contribution is 2.40. The maximum absolute atomic E-state index is 2.36. The van der Waals surface area contributed by atoms with Gasteiger partial charge in [-0.1, -0.05) is 188 Å². The zero-order chi connectivity index (χ0) is 43.8. The van der Waals surface area contributed by atoms with Gasteiger partial charge in [0.2, 0.25) is 0 Å². The largest absolute Gasteiger partial charge is 0.311 e. The number of rotatable bonds is 9. The molecular weight excluding hydrogens is 815 g/mol. The Morgan fingerprint density at radius 2 is 0.576 bits per heavy atom. The van der Waals surface area contributed by atoms with Gasteiger partial charge >= 0.3 is 0 Å². The Bertz CT molecular complexity index is 3660. The normalized spacial score (nSPS) is 11.3. The van der Waals surface area contributed by atoms with Crippen LogP contribution in [-0.2, 0) is 0 Å². The molecule has 0 fully saturated rings. The van der Waals surface area contributed by atoms with E-state index < -0.39 is 0 Å². The summed E-state index contributed by atoms with van der Waals surface area (Å²) < 4.78 is 2.65. The van der Waals surface area contributed by atoms with Gasteiger partial charge in [0.1, 0.15) is 0 Å². The van der Waals surface area contributed by atoms with Crippen LogP contribution in [0.25, 0.3) is 97.7 Å². The van der Waals surface area contributed by atoms with Crippen LogP contribution >= 0.6 is 11.3 Å². The summed E-state index contributed by atoms with van der Waals surface area (Å²) in [4.78, 5) is 2.36. The van der Waals surface area contributed by atoms with E-state index in [9.17, 15) is 0 Å². The second-order valence-electron chi connectivity index (χ2n) is 17.0. The van der Waals surface area contributed by atoms with Gasteiger partial charge in [-0.25, -0.2) is 0 Å². The van der Waals surface area contributed by atoms with Crippen LogP contribution in [0.4, 0.5) is 17.1 Å². The molecule has 0 aliphatic rings. The summed E-state index contributed by atoms with van der Waals surface area (Å²) >= 11 is 1.86. The van der Waals surface area contributed by atoms with E-state index in [4.69, 9.17) is 0 Å². The van der Waals surface area contributed by atoms with Crippen molar-refractivity contribution in [1.29, 1.82) is 0 Å². The minimum absolute atomic E-state index is 1.10. The fourth-order valence-corrected chi connectivity index (χ4v) is 10.5. The quantitative estimate of drug-likeness (QED) is 0.140. The summed E-state index contributed by atoms with van der Waals surface area (Å²) in [5, 5.41) is 5.15. The Labute approximate surface area is 389 Å². The highest BCUT2D eigenvalue weighted by molar-refractivity contribution is 7.25. The van der Waals surface area contributed by atoms with E-state index in [2.05, 4.69) is 266 Å². The third kappa shape index (κ3) is 7.64. The second kappa shape index (κ2) is 17.0. The topological polar surface area (TPSA) is 3.24 Å². The lowest BCUT2D eigenvalue weighted by atomic mass is 9.96. The molecule has 2 heteroatoms.